The molecule has 1 atom stereocenters. The Morgan fingerprint density at radius 1 is 1.24 bits per heavy atom. The fourth-order valence-electron chi connectivity index (χ4n) is 3.25. The number of hydrogen-bond acceptors (Lipinski definition) is 3. The number of piperazine rings is 1. The van der Waals surface area contributed by atoms with Gasteiger partial charge in [0.15, 0.2) is 0 Å². The molecule has 0 aromatic heterocycles. The van der Waals surface area contributed by atoms with Crippen molar-refractivity contribution in [1.29, 1.82) is 0 Å². The number of aliphatic hydroxyl groups excluding tert-OH is 1. The summed E-state index contributed by atoms with van der Waals surface area (Å²) in [5, 5.41) is 10.3. The Bertz CT molecular complexity index is 249. The van der Waals surface area contributed by atoms with E-state index in [9.17, 15) is 5.11 Å². The highest BCUT2D eigenvalue weighted by Crippen LogP contribution is 2.28. The average Bonchev–Trinajstić information content (AvgIpc) is 2.76. The number of rotatable bonds is 3. The zero-order chi connectivity index (χ0) is 12.5. The molecule has 0 amide bonds. The number of nitrogens with zero attached hydrogens (tertiary/aromatic N) is 2. The van der Waals surface area contributed by atoms with Gasteiger partial charge in [-0.3, -0.25) is 9.80 Å². The second-order valence-corrected chi connectivity index (χ2v) is 6.58. The van der Waals surface area contributed by atoms with E-state index in [1.807, 2.05) is 0 Å². The summed E-state index contributed by atoms with van der Waals surface area (Å²) in [4.78, 5) is 4.87. The molecule has 3 heteroatoms. The minimum atomic E-state index is -0.100. The lowest BCUT2D eigenvalue weighted by Gasteiger charge is -2.46. The van der Waals surface area contributed by atoms with Gasteiger partial charge in [-0.25, -0.2) is 0 Å². The SMILES string of the molecule is CN1CCN(CC(O)C2CCCC2)CC1(C)C. The predicted molar refractivity (Wildman–Crippen MR) is 71.1 cm³/mol. The van der Waals surface area contributed by atoms with Crippen molar-refractivity contribution in [2.24, 2.45) is 5.92 Å². The second-order valence-electron chi connectivity index (χ2n) is 6.58. The molecule has 2 aliphatic rings. The van der Waals surface area contributed by atoms with Gasteiger partial charge in [-0.15, -0.1) is 0 Å². The monoisotopic (exact) mass is 240 g/mol. The number of hydrogen-bond donors (Lipinski definition) is 1. The Hall–Kier alpha value is -0.120. The van der Waals surface area contributed by atoms with Crippen LogP contribution in [0.15, 0.2) is 0 Å². The molecule has 0 aromatic rings. The molecule has 0 spiro atoms. The summed E-state index contributed by atoms with van der Waals surface area (Å²) >= 11 is 0. The summed E-state index contributed by atoms with van der Waals surface area (Å²) in [7, 11) is 2.20. The largest absolute Gasteiger partial charge is 0.392 e. The maximum atomic E-state index is 10.3. The normalized spacial score (nSPS) is 29.6. The molecule has 1 aliphatic heterocycles. The Morgan fingerprint density at radius 2 is 1.88 bits per heavy atom. The molecule has 0 radical (unpaired) electrons. The average molecular weight is 240 g/mol. The molecule has 100 valence electrons. The molecule has 1 saturated carbocycles. The molecule has 1 heterocycles. The molecule has 0 aromatic carbocycles. The highest BCUT2D eigenvalue weighted by atomic mass is 16.3. The van der Waals surface area contributed by atoms with Crippen LogP contribution in [0.1, 0.15) is 39.5 Å². The van der Waals surface area contributed by atoms with Crippen molar-refractivity contribution in [2.45, 2.75) is 51.2 Å². The zero-order valence-corrected chi connectivity index (χ0v) is 11.7. The molecular weight excluding hydrogens is 212 g/mol. The van der Waals surface area contributed by atoms with Crippen molar-refractivity contribution in [3.8, 4) is 0 Å². The summed E-state index contributed by atoms with van der Waals surface area (Å²) in [6, 6.07) is 0. The van der Waals surface area contributed by atoms with Gasteiger partial charge >= 0.3 is 0 Å². The van der Waals surface area contributed by atoms with Crippen LogP contribution in [-0.4, -0.2) is 59.8 Å². The molecule has 1 saturated heterocycles. The van der Waals surface area contributed by atoms with E-state index in [-0.39, 0.29) is 11.6 Å². The van der Waals surface area contributed by atoms with E-state index >= 15 is 0 Å². The van der Waals surface area contributed by atoms with E-state index in [4.69, 9.17) is 0 Å². The maximum Gasteiger partial charge on any atom is 0.0695 e. The molecule has 2 fully saturated rings. The molecular formula is C14H28N2O. The van der Waals surface area contributed by atoms with E-state index in [2.05, 4.69) is 30.7 Å². The molecule has 1 N–H and O–H groups in total. The predicted octanol–water partition coefficient (Wildman–Crippen LogP) is 1.56. The third-order valence-corrected chi connectivity index (χ3v) is 4.78. The molecule has 17 heavy (non-hydrogen) atoms. The van der Waals surface area contributed by atoms with E-state index in [0.717, 1.165) is 26.2 Å². The van der Waals surface area contributed by atoms with Crippen molar-refractivity contribution in [3.05, 3.63) is 0 Å². The van der Waals surface area contributed by atoms with Gasteiger partial charge in [0.2, 0.25) is 0 Å². The third-order valence-electron chi connectivity index (χ3n) is 4.78. The standard InChI is InChI=1S/C14H28N2O/c1-14(2)11-16(9-8-15(14)3)10-13(17)12-6-4-5-7-12/h12-13,17H,4-11H2,1-3H3. The Labute approximate surface area is 106 Å². The fourth-order valence-corrected chi connectivity index (χ4v) is 3.25. The van der Waals surface area contributed by atoms with Gasteiger partial charge in [0.25, 0.3) is 0 Å². The third kappa shape index (κ3) is 3.21. The molecule has 0 bridgehead atoms. The topological polar surface area (TPSA) is 26.7 Å². The van der Waals surface area contributed by atoms with Gasteiger partial charge in [-0.2, -0.15) is 0 Å². The zero-order valence-electron chi connectivity index (χ0n) is 11.7. The first kappa shape index (κ1) is 13.3. The van der Waals surface area contributed by atoms with Crippen LogP contribution in [0.2, 0.25) is 0 Å². The van der Waals surface area contributed by atoms with Gasteiger partial charge in [0.1, 0.15) is 0 Å². The first-order valence-electron chi connectivity index (χ1n) is 7.11. The lowest BCUT2D eigenvalue weighted by atomic mass is 9.96. The number of β-amino-alcohol motifs (C(OH)–C–C–N with tert-alkyl or cyclic N) is 1. The summed E-state index contributed by atoms with van der Waals surface area (Å²) in [5.74, 6) is 0.567. The van der Waals surface area contributed by atoms with Crippen LogP contribution in [0.25, 0.3) is 0 Å². The van der Waals surface area contributed by atoms with E-state index in [1.165, 1.54) is 25.7 Å². The van der Waals surface area contributed by atoms with Gasteiger partial charge < -0.3 is 5.11 Å². The van der Waals surface area contributed by atoms with Crippen LogP contribution < -0.4 is 0 Å². The Kier molecular flexibility index (Phi) is 4.11. The van der Waals surface area contributed by atoms with Crippen molar-refractivity contribution in [2.75, 3.05) is 33.2 Å². The maximum absolute atomic E-state index is 10.3. The summed E-state index contributed by atoms with van der Waals surface area (Å²) in [5.41, 5.74) is 0.244. The number of aliphatic hydroxyl groups is 1. The van der Waals surface area contributed by atoms with Crippen LogP contribution in [0.3, 0.4) is 0 Å². The summed E-state index contributed by atoms with van der Waals surface area (Å²) in [6.45, 7) is 8.76. The van der Waals surface area contributed by atoms with Crippen LogP contribution in [-0.2, 0) is 0 Å². The van der Waals surface area contributed by atoms with E-state index < -0.39 is 0 Å². The van der Waals surface area contributed by atoms with Gasteiger partial charge in [-0.1, -0.05) is 12.8 Å². The molecule has 2 rings (SSSR count). The van der Waals surface area contributed by atoms with Crippen molar-refractivity contribution in [1.82, 2.24) is 9.80 Å². The first-order valence-corrected chi connectivity index (χ1v) is 7.11. The quantitative estimate of drug-likeness (QED) is 0.811. The second kappa shape index (κ2) is 5.25. The van der Waals surface area contributed by atoms with Crippen molar-refractivity contribution < 1.29 is 5.11 Å². The van der Waals surface area contributed by atoms with Gasteiger partial charge in [0.05, 0.1) is 6.10 Å². The molecule has 3 nitrogen and oxygen atoms in total. The summed E-state index contributed by atoms with van der Waals surface area (Å²) < 4.78 is 0. The van der Waals surface area contributed by atoms with Crippen LogP contribution in [0.4, 0.5) is 0 Å². The minimum Gasteiger partial charge on any atom is -0.392 e. The van der Waals surface area contributed by atoms with Gasteiger partial charge in [0, 0.05) is 31.7 Å². The van der Waals surface area contributed by atoms with Crippen molar-refractivity contribution in [3.63, 3.8) is 0 Å². The molecule has 1 unspecified atom stereocenters. The first-order chi connectivity index (χ1) is 7.99. The van der Waals surface area contributed by atoms with Gasteiger partial charge in [-0.05, 0) is 39.7 Å². The lowest BCUT2D eigenvalue weighted by Crippen LogP contribution is -2.58. The highest BCUT2D eigenvalue weighted by Gasteiger charge is 2.33. The minimum absolute atomic E-state index is 0.100. The summed E-state index contributed by atoms with van der Waals surface area (Å²) in [6.07, 6.45) is 5.00. The number of likely N-dealkylation sites (N-methyl/N-ethyl adjacent to an activating group) is 1. The Balaban J connectivity index is 1.83. The van der Waals surface area contributed by atoms with Crippen molar-refractivity contribution >= 4 is 0 Å². The van der Waals surface area contributed by atoms with Crippen LogP contribution >= 0.6 is 0 Å². The fraction of sp³-hybridized carbons (Fsp3) is 1.00. The van der Waals surface area contributed by atoms with Crippen LogP contribution in [0, 0.1) is 5.92 Å². The lowest BCUT2D eigenvalue weighted by molar-refractivity contribution is 0.000698. The highest BCUT2D eigenvalue weighted by molar-refractivity contribution is 4.89. The molecule has 1 aliphatic carbocycles. The van der Waals surface area contributed by atoms with E-state index in [1.54, 1.807) is 0 Å². The Morgan fingerprint density at radius 3 is 2.47 bits per heavy atom. The van der Waals surface area contributed by atoms with E-state index in [0.29, 0.717) is 5.92 Å². The smallest absolute Gasteiger partial charge is 0.0695 e. The van der Waals surface area contributed by atoms with Crippen LogP contribution in [0.5, 0.6) is 0 Å².